The molecule has 1 atom stereocenters. The molecule has 0 radical (unpaired) electrons. The van der Waals surface area contributed by atoms with Crippen LogP contribution in [-0.4, -0.2) is 12.1 Å². The number of allylic oxidation sites excluding steroid dienone is 1. The third kappa shape index (κ3) is 5.45. The molecule has 0 heterocycles. The van der Waals surface area contributed by atoms with E-state index < -0.39 is 0 Å². The highest BCUT2D eigenvalue weighted by Crippen LogP contribution is 2.13. The first-order valence-electron chi connectivity index (χ1n) is 4.91. The molecule has 76 valence electrons. The minimum atomic E-state index is -0.192. The van der Waals surface area contributed by atoms with Gasteiger partial charge < -0.3 is 4.74 Å². The van der Waals surface area contributed by atoms with Crippen LogP contribution in [0.15, 0.2) is 11.6 Å². The number of carbonyl (C=O) groups is 1. The Morgan fingerprint density at radius 3 is 2.46 bits per heavy atom. The summed E-state index contributed by atoms with van der Waals surface area (Å²) in [5.74, 6) is -0.192. The van der Waals surface area contributed by atoms with E-state index in [-0.39, 0.29) is 12.1 Å². The van der Waals surface area contributed by atoms with E-state index in [0.29, 0.717) is 0 Å². The molecule has 0 rings (SSSR count). The monoisotopic (exact) mass is 184 g/mol. The van der Waals surface area contributed by atoms with Crippen LogP contribution in [0.4, 0.5) is 0 Å². The Morgan fingerprint density at radius 2 is 2.08 bits per heavy atom. The highest BCUT2D eigenvalue weighted by atomic mass is 16.5. The van der Waals surface area contributed by atoms with Crippen LogP contribution in [0.25, 0.3) is 0 Å². The van der Waals surface area contributed by atoms with Crippen molar-refractivity contribution in [3.63, 3.8) is 0 Å². The average molecular weight is 184 g/mol. The molecule has 0 aliphatic heterocycles. The number of esters is 1. The van der Waals surface area contributed by atoms with E-state index in [1.54, 1.807) is 0 Å². The fourth-order valence-corrected chi connectivity index (χ4v) is 1.16. The molecule has 0 saturated carbocycles. The lowest BCUT2D eigenvalue weighted by Gasteiger charge is -2.17. The summed E-state index contributed by atoms with van der Waals surface area (Å²) in [6, 6.07) is 0. The van der Waals surface area contributed by atoms with Crippen molar-refractivity contribution in [2.24, 2.45) is 0 Å². The Hall–Kier alpha value is -0.790. The lowest BCUT2D eigenvalue weighted by molar-refractivity contribution is -0.144. The van der Waals surface area contributed by atoms with Gasteiger partial charge >= 0.3 is 5.97 Å². The summed E-state index contributed by atoms with van der Waals surface area (Å²) in [7, 11) is 0. The Bertz CT molecular complexity index is 183. The number of unbranched alkanes of at least 4 members (excludes halogenated alkanes) is 1. The minimum Gasteiger partial charge on any atom is -0.458 e. The van der Waals surface area contributed by atoms with Crippen molar-refractivity contribution < 1.29 is 9.53 Å². The zero-order valence-corrected chi connectivity index (χ0v) is 9.09. The topological polar surface area (TPSA) is 26.3 Å². The smallest absolute Gasteiger partial charge is 0.303 e. The van der Waals surface area contributed by atoms with Gasteiger partial charge in [-0.3, -0.25) is 4.79 Å². The van der Waals surface area contributed by atoms with E-state index in [9.17, 15) is 4.79 Å². The predicted octanol–water partition coefficient (Wildman–Crippen LogP) is 3.07. The van der Waals surface area contributed by atoms with Crippen LogP contribution in [0.5, 0.6) is 0 Å². The van der Waals surface area contributed by atoms with Crippen molar-refractivity contribution in [3.8, 4) is 0 Å². The Balaban J connectivity index is 4.10. The molecule has 0 aromatic rings. The molecule has 0 aromatic heterocycles. The number of ether oxygens (including phenoxy) is 1. The quantitative estimate of drug-likeness (QED) is 0.485. The lowest BCUT2D eigenvalue weighted by Crippen LogP contribution is -2.17. The molecule has 2 nitrogen and oxygen atoms in total. The molecular weight excluding hydrogens is 164 g/mol. The zero-order chi connectivity index (χ0) is 10.3. The van der Waals surface area contributed by atoms with Crippen molar-refractivity contribution in [2.75, 3.05) is 0 Å². The van der Waals surface area contributed by atoms with E-state index >= 15 is 0 Å². The van der Waals surface area contributed by atoms with Gasteiger partial charge in [-0.1, -0.05) is 19.4 Å². The van der Waals surface area contributed by atoms with E-state index in [0.717, 1.165) is 24.8 Å². The maximum Gasteiger partial charge on any atom is 0.303 e. The number of rotatable bonds is 5. The third-order valence-corrected chi connectivity index (χ3v) is 2.09. The van der Waals surface area contributed by atoms with Crippen LogP contribution in [0, 0.1) is 0 Å². The number of hydrogen-bond acceptors (Lipinski definition) is 2. The summed E-state index contributed by atoms with van der Waals surface area (Å²) in [5, 5.41) is 0. The summed E-state index contributed by atoms with van der Waals surface area (Å²) in [4.78, 5) is 10.8. The van der Waals surface area contributed by atoms with Gasteiger partial charge in [-0.2, -0.15) is 0 Å². The van der Waals surface area contributed by atoms with Gasteiger partial charge in [-0.25, -0.2) is 0 Å². The highest BCUT2D eigenvalue weighted by molar-refractivity contribution is 5.66. The molecule has 2 heteroatoms. The summed E-state index contributed by atoms with van der Waals surface area (Å²) in [5.41, 5.74) is 1.14. The molecule has 0 saturated heterocycles. The second kappa shape index (κ2) is 6.70. The Kier molecular flexibility index (Phi) is 6.29. The molecule has 0 N–H and O–H groups in total. The maximum absolute atomic E-state index is 10.8. The third-order valence-electron chi connectivity index (χ3n) is 2.09. The van der Waals surface area contributed by atoms with E-state index in [2.05, 4.69) is 6.92 Å². The van der Waals surface area contributed by atoms with Gasteiger partial charge in [0.15, 0.2) is 0 Å². The van der Waals surface area contributed by atoms with Gasteiger partial charge in [-0.15, -0.1) is 0 Å². The van der Waals surface area contributed by atoms with Gasteiger partial charge in [0.05, 0.1) is 0 Å². The van der Waals surface area contributed by atoms with Crippen LogP contribution in [0.1, 0.15) is 47.0 Å². The van der Waals surface area contributed by atoms with Crippen molar-refractivity contribution in [1.82, 2.24) is 0 Å². The Morgan fingerprint density at radius 1 is 1.46 bits per heavy atom. The standard InChI is InChI=1S/C11H20O2/c1-5-7-8-11(9(3)6-2)13-10(4)12/h6,11H,5,7-8H2,1-4H3/b9-6+. The summed E-state index contributed by atoms with van der Waals surface area (Å²) in [6.07, 6.45) is 5.16. The number of carbonyl (C=O) groups excluding carboxylic acids is 1. The molecule has 13 heavy (non-hydrogen) atoms. The van der Waals surface area contributed by atoms with Crippen LogP contribution < -0.4 is 0 Å². The van der Waals surface area contributed by atoms with Crippen LogP contribution in [0.2, 0.25) is 0 Å². The predicted molar refractivity (Wildman–Crippen MR) is 54.5 cm³/mol. The van der Waals surface area contributed by atoms with E-state index in [1.807, 2.05) is 19.9 Å². The molecule has 1 unspecified atom stereocenters. The molecule has 0 fully saturated rings. The number of hydrogen-bond donors (Lipinski definition) is 0. The summed E-state index contributed by atoms with van der Waals surface area (Å²) in [6.45, 7) is 7.57. The SMILES string of the molecule is C/C=C(\C)C(CCCC)OC(C)=O. The van der Waals surface area contributed by atoms with Crippen molar-refractivity contribution >= 4 is 5.97 Å². The van der Waals surface area contributed by atoms with Crippen LogP contribution in [0.3, 0.4) is 0 Å². The van der Waals surface area contributed by atoms with Crippen LogP contribution in [-0.2, 0) is 9.53 Å². The second-order valence-corrected chi connectivity index (χ2v) is 3.27. The first-order valence-corrected chi connectivity index (χ1v) is 4.91. The highest BCUT2D eigenvalue weighted by Gasteiger charge is 2.12. The molecule has 0 spiro atoms. The fraction of sp³-hybridized carbons (Fsp3) is 0.727. The maximum atomic E-state index is 10.8. The van der Waals surface area contributed by atoms with E-state index in [4.69, 9.17) is 4.74 Å². The van der Waals surface area contributed by atoms with Gasteiger partial charge in [0.25, 0.3) is 0 Å². The van der Waals surface area contributed by atoms with Crippen molar-refractivity contribution in [1.29, 1.82) is 0 Å². The molecule has 0 aliphatic rings. The second-order valence-electron chi connectivity index (χ2n) is 3.27. The molecular formula is C11H20O2. The summed E-state index contributed by atoms with van der Waals surface area (Å²) < 4.78 is 5.20. The Labute approximate surface area is 81.0 Å². The van der Waals surface area contributed by atoms with Crippen molar-refractivity contribution in [2.45, 2.75) is 53.1 Å². The molecule has 0 amide bonds. The van der Waals surface area contributed by atoms with Gasteiger partial charge in [-0.05, 0) is 32.3 Å². The first-order chi connectivity index (χ1) is 6.11. The molecule has 0 aromatic carbocycles. The average Bonchev–Trinajstić information content (AvgIpc) is 2.10. The largest absolute Gasteiger partial charge is 0.458 e. The van der Waals surface area contributed by atoms with Gasteiger partial charge in [0.2, 0.25) is 0 Å². The first kappa shape index (κ1) is 12.2. The van der Waals surface area contributed by atoms with E-state index in [1.165, 1.54) is 6.92 Å². The van der Waals surface area contributed by atoms with Gasteiger partial charge in [0, 0.05) is 6.92 Å². The minimum absolute atomic E-state index is 0.0116. The normalized spacial score (nSPS) is 14.0. The lowest BCUT2D eigenvalue weighted by atomic mass is 10.1. The molecule has 0 aliphatic carbocycles. The van der Waals surface area contributed by atoms with Gasteiger partial charge in [0.1, 0.15) is 6.10 Å². The summed E-state index contributed by atoms with van der Waals surface area (Å²) >= 11 is 0. The molecule has 0 bridgehead atoms. The van der Waals surface area contributed by atoms with Crippen molar-refractivity contribution in [3.05, 3.63) is 11.6 Å². The zero-order valence-electron chi connectivity index (χ0n) is 9.09. The fourth-order valence-electron chi connectivity index (χ4n) is 1.16. The van der Waals surface area contributed by atoms with Crippen LogP contribution >= 0.6 is 0 Å².